The van der Waals surface area contributed by atoms with Crippen molar-refractivity contribution in [3.8, 4) is 33.8 Å². The smallest absolute Gasteiger partial charge is 0.222 e. The lowest BCUT2D eigenvalue weighted by Crippen LogP contribution is -2.54. The zero-order chi connectivity index (χ0) is 37.5. The van der Waals surface area contributed by atoms with Crippen LogP contribution in [0.4, 0.5) is 0 Å². The number of aromatic nitrogens is 3. The zero-order valence-corrected chi connectivity index (χ0v) is 33.8. The molecule has 7 aromatic rings. The summed E-state index contributed by atoms with van der Waals surface area (Å²) in [6.07, 6.45) is 9.54. The number of allylic oxidation sites excluding steroid dienone is 1. The lowest BCUT2D eigenvalue weighted by atomic mass is 9.77. The first-order valence-corrected chi connectivity index (χ1v) is 23.3. The summed E-state index contributed by atoms with van der Waals surface area (Å²) in [5.41, 5.74) is 15.5. The monoisotopic (exact) mass is 725 g/mol. The summed E-state index contributed by atoms with van der Waals surface area (Å²) in [6.45, 7) is 21.6. The predicted molar refractivity (Wildman–Crippen MR) is 226 cm³/mol. The Bertz CT molecular complexity index is 2610. The number of rotatable bonds is 4. The van der Waals surface area contributed by atoms with Crippen LogP contribution in [0.5, 0.6) is 0 Å². The largest absolute Gasteiger partial charge is 0.454 e. The summed E-state index contributed by atoms with van der Waals surface area (Å²) in [7, 11) is -1.65. The molecule has 0 bridgehead atoms. The molecule has 0 saturated carbocycles. The van der Waals surface area contributed by atoms with E-state index in [9.17, 15) is 0 Å². The maximum atomic E-state index is 6.88. The SMILES string of the molecule is C=C1CC2C(CCc3ccc4c(oc5cnc(-c6ccccc6)cc54)c3-c3cc(C(C)C)cc[n+]31)c1ccccc1-c1cc(C(C)C)c([Si](C)(C)C)c[n+]12. The summed E-state index contributed by atoms with van der Waals surface area (Å²) >= 11 is 0. The van der Waals surface area contributed by atoms with Gasteiger partial charge in [-0.1, -0.05) is 108 Å². The molecule has 3 aromatic carbocycles. The Hall–Kier alpha value is -5.13. The van der Waals surface area contributed by atoms with Crippen molar-refractivity contribution >= 4 is 40.9 Å². The quantitative estimate of drug-likeness (QED) is 0.134. The van der Waals surface area contributed by atoms with Gasteiger partial charge in [-0.3, -0.25) is 4.98 Å². The molecule has 2 aliphatic rings. The molecule has 2 unspecified atom stereocenters. The first-order chi connectivity index (χ1) is 26.0. The number of furan rings is 1. The Kier molecular flexibility index (Phi) is 8.35. The van der Waals surface area contributed by atoms with Gasteiger partial charge in [0, 0.05) is 51.2 Å². The van der Waals surface area contributed by atoms with Crippen molar-refractivity contribution < 1.29 is 13.6 Å². The summed E-state index contributed by atoms with van der Waals surface area (Å²) in [5.74, 6) is 1.17. The lowest BCUT2D eigenvalue weighted by Gasteiger charge is -2.33. The molecule has 0 saturated heterocycles. The molecule has 4 aromatic heterocycles. The van der Waals surface area contributed by atoms with Gasteiger partial charge >= 0.3 is 0 Å². The van der Waals surface area contributed by atoms with Gasteiger partial charge in [0.15, 0.2) is 29.7 Å². The van der Waals surface area contributed by atoms with E-state index in [4.69, 9.17) is 16.0 Å². The Balaban J connectivity index is 1.27. The van der Waals surface area contributed by atoms with Crippen LogP contribution < -0.4 is 14.3 Å². The number of fused-ring (bicyclic) bond motifs is 13. The zero-order valence-electron chi connectivity index (χ0n) is 32.8. The Morgan fingerprint density at radius 3 is 2.37 bits per heavy atom. The van der Waals surface area contributed by atoms with Crippen LogP contribution in [0.15, 0.2) is 121 Å². The second-order valence-electron chi connectivity index (χ2n) is 17.3. The van der Waals surface area contributed by atoms with Crippen LogP contribution in [0.1, 0.15) is 86.6 Å². The van der Waals surface area contributed by atoms with Gasteiger partial charge in [-0.05, 0) is 65.6 Å². The normalized spacial score (nSPS) is 16.9. The van der Waals surface area contributed by atoms with E-state index < -0.39 is 8.07 Å². The van der Waals surface area contributed by atoms with Gasteiger partial charge in [-0.2, -0.15) is 9.13 Å². The first-order valence-electron chi connectivity index (χ1n) is 19.8. The van der Waals surface area contributed by atoms with Crippen LogP contribution in [0.3, 0.4) is 0 Å². The van der Waals surface area contributed by atoms with E-state index in [2.05, 4.69) is 154 Å². The fourth-order valence-corrected chi connectivity index (χ4v) is 11.0. The second kappa shape index (κ2) is 13.0. The summed E-state index contributed by atoms with van der Waals surface area (Å²) in [4.78, 5) is 4.85. The minimum absolute atomic E-state index is 0.239. The molecule has 0 spiro atoms. The van der Waals surface area contributed by atoms with E-state index in [0.29, 0.717) is 17.8 Å². The summed E-state index contributed by atoms with van der Waals surface area (Å²) in [6, 6.07) is 33.9. The molecular formula is C49H51N3OSi+2. The maximum absolute atomic E-state index is 6.88. The van der Waals surface area contributed by atoms with Crippen LogP contribution in [0.25, 0.3) is 61.4 Å². The van der Waals surface area contributed by atoms with Crippen molar-refractivity contribution in [2.24, 2.45) is 0 Å². The standard InChI is InChI=1S/C49H51N3OSi/c1-30(2)35-22-23-51-32(5)24-43-38(36-16-12-13-17-37(36)44-27-40(31(3)4)47(29-52(43)44)54(6,7)8)20-18-34-19-21-39-41-26-42(33-14-10-9-11-15-33)50-28-46(41)53-49(39)48(34)45(51)25-35/h9-17,19,21-23,25-31,38,43H,5,18,20,24H2,1-4,6-8H3/q+2. The molecule has 270 valence electrons. The average Bonchev–Trinajstić information content (AvgIpc) is 3.54. The lowest BCUT2D eigenvalue weighted by molar-refractivity contribution is -0.719. The fourth-order valence-electron chi connectivity index (χ4n) is 9.26. The summed E-state index contributed by atoms with van der Waals surface area (Å²) in [5, 5.41) is 3.79. The molecule has 9 rings (SSSR count). The highest BCUT2D eigenvalue weighted by atomic mass is 28.3. The summed E-state index contributed by atoms with van der Waals surface area (Å²) < 4.78 is 11.9. The van der Waals surface area contributed by atoms with E-state index in [-0.39, 0.29) is 6.04 Å². The van der Waals surface area contributed by atoms with Crippen molar-refractivity contribution in [3.63, 3.8) is 0 Å². The van der Waals surface area contributed by atoms with Gasteiger partial charge < -0.3 is 4.42 Å². The van der Waals surface area contributed by atoms with E-state index in [1.54, 1.807) is 5.19 Å². The Labute approximate surface area is 320 Å². The third-order valence-electron chi connectivity index (χ3n) is 12.1. The molecule has 0 amide bonds. The van der Waals surface area contributed by atoms with Crippen LogP contribution in [-0.2, 0) is 6.42 Å². The first kappa shape index (κ1) is 34.6. The van der Waals surface area contributed by atoms with Crippen LogP contribution in [-0.4, -0.2) is 13.1 Å². The molecule has 6 heterocycles. The van der Waals surface area contributed by atoms with Crippen molar-refractivity contribution in [2.75, 3.05) is 0 Å². The van der Waals surface area contributed by atoms with Crippen molar-refractivity contribution in [3.05, 3.63) is 138 Å². The van der Waals surface area contributed by atoms with E-state index in [1.807, 2.05) is 12.3 Å². The molecule has 2 atom stereocenters. The van der Waals surface area contributed by atoms with E-state index in [1.165, 1.54) is 39.1 Å². The van der Waals surface area contributed by atoms with Crippen LogP contribution >= 0.6 is 0 Å². The van der Waals surface area contributed by atoms with E-state index >= 15 is 0 Å². The molecule has 54 heavy (non-hydrogen) atoms. The molecule has 5 heteroatoms. The minimum Gasteiger partial charge on any atom is -0.454 e. The maximum Gasteiger partial charge on any atom is 0.222 e. The number of pyridine rings is 3. The van der Waals surface area contributed by atoms with Crippen LogP contribution in [0, 0.1) is 0 Å². The third-order valence-corrected chi connectivity index (χ3v) is 14.2. The average molecular weight is 726 g/mol. The molecule has 0 radical (unpaired) electrons. The molecule has 4 nitrogen and oxygen atoms in total. The number of hydrogen-bond donors (Lipinski definition) is 0. The van der Waals surface area contributed by atoms with E-state index in [0.717, 1.165) is 63.8 Å². The van der Waals surface area contributed by atoms with Crippen molar-refractivity contribution in [2.45, 2.75) is 90.4 Å². The number of nitrogens with zero attached hydrogens (tertiary/aromatic N) is 3. The minimum atomic E-state index is -1.65. The second-order valence-corrected chi connectivity index (χ2v) is 22.3. The molecule has 0 N–H and O–H groups in total. The van der Waals surface area contributed by atoms with Gasteiger partial charge in [-0.25, -0.2) is 0 Å². The topological polar surface area (TPSA) is 33.8 Å². The highest BCUT2D eigenvalue weighted by Gasteiger charge is 2.44. The highest BCUT2D eigenvalue weighted by Crippen LogP contribution is 2.46. The van der Waals surface area contributed by atoms with Gasteiger partial charge in [0.1, 0.15) is 5.58 Å². The third kappa shape index (κ3) is 5.67. The predicted octanol–water partition coefficient (Wildman–Crippen LogP) is 11.5. The highest BCUT2D eigenvalue weighted by molar-refractivity contribution is 6.89. The van der Waals surface area contributed by atoms with Crippen molar-refractivity contribution in [1.82, 2.24) is 4.98 Å². The van der Waals surface area contributed by atoms with Gasteiger partial charge in [0.25, 0.3) is 0 Å². The Morgan fingerprint density at radius 2 is 1.61 bits per heavy atom. The fraction of sp³-hybridized carbons (Fsp3) is 0.286. The molecule has 0 fully saturated rings. The van der Waals surface area contributed by atoms with Gasteiger partial charge in [0.05, 0.1) is 31.9 Å². The number of benzene rings is 3. The molecular weight excluding hydrogens is 675 g/mol. The number of aryl methyl sites for hydroxylation is 1. The van der Waals surface area contributed by atoms with Crippen LogP contribution in [0.2, 0.25) is 19.6 Å². The molecule has 2 aliphatic heterocycles. The number of hydrogen-bond acceptors (Lipinski definition) is 2. The van der Waals surface area contributed by atoms with Gasteiger partial charge in [0.2, 0.25) is 11.4 Å². The van der Waals surface area contributed by atoms with Gasteiger partial charge in [-0.15, -0.1) is 0 Å². The van der Waals surface area contributed by atoms with Crippen molar-refractivity contribution in [1.29, 1.82) is 0 Å². The Morgan fingerprint density at radius 1 is 0.833 bits per heavy atom. The molecule has 0 aliphatic carbocycles.